The van der Waals surface area contributed by atoms with E-state index in [9.17, 15) is 9.90 Å². The van der Waals surface area contributed by atoms with Crippen LogP contribution in [0, 0.1) is 0 Å². The van der Waals surface area contributed by atoms with E-state index in [0.717, 1.165) is 30.3 Å². The Morgan fingerprint density at radius 2 is 2.12 bits per heavy atom. The summed E-state index contributed by atoms with van der Waals surface area (Å²) in [4.78, 5) is 17.3. The number of benzene rings is 1. The quantitative estimate of drug-likeness (QED) is 0.829. The maximum Gasteiger partial charge on any atom is 0.407 e. The molecule has 128 valence electrons. The lowest BCUT2D eigenvalue weighted by Gasteiger charge is -2.25. The molecule has 1 atom stereocenters. The summed E-state index contributed by atoms with van der Waals surface area (Å²) < 4.78 is 13.4. The van der Waals surface area contributed by atoms with Crippen LogP contribution in [0.25, 0.3) is 11.0 Å². The maximum absolute atomic E-state index is 11.4. The zero-order chi connectivity index (χ0) is 16.7. The second kappa shape index (κ2) is 5.77. The Morgan fingerprint density at radius 1 is 1.29 bits per heavy atom. The highest BCUT2D eigenvalue weighted by atomic mass is 16.6. The lowest BCUT2D eigenvalue weighted by Crippen LogP contribution is -2.34. The average molecular weight is 332 g/mol. The maximum atomic E-state index is 11.4. The second-order valence-corrected chi connectivity index (χ2v) is 6.18. The molecule has 1 unspecified atom stereocenters. The van der Waals surface area contributed by atoms with Crippen LogP contribution in [0.3, 0.4) is 0 Å². The Labute approximate surface area is 138 Å². The minimum absolute atomic E-state index is 0.0642. The Balaban J connectivity index is 1.83. The number of carboxylic acid groups (broad SMARTS) is 1. The predicted molar refractivity (Wildman–Crippen MR) is 87.6 cm³/mol. The van der Waals surface area contributed by atoms with Crippen LogP contribution in [0.5, 0.6) is 11.5 Å². The van der Waals surface area contributed by atoms with Gasteiger partial charge in [-0.15, -0.1) is 0 Å². The molecule has 0 aliphatic carbocycles. The lowest BCUT2D eigenvalue weighted by molar-refractivity contribution is 0.141. The van der Waals surface area contributed by atoms with Crippen molar-refractivity contribution in [2.75, 3.05) is 32.0 Å². The van der Waals surface area contributed by atoms with Crippen molar-refractivity contribution in [3.63, 3.8) is 0 Å². The van der Waals surface area contributed by atoms with Crippen molar-refractivity contribution in [3.8, 4) is 11.5 Å². The molecule has 1 fully saturated rings. The van der Waals surface area contributed by atoms with E-state index in [2.05, 4.69) is 4.98 Å². The summed E-state index contributed by atoms with van der Waals surface area (Å²) >= 11 is 0. The number of ether oxygens (including phenoxy) is 2. The van der Waals surface area contributed by atoms with Gasteiger partial charge < -0.3 is 29.8 Å². The van der Waals surface area contributed by atoms with Crippen molar-refractivity contribution < 1.29 is 19.4 Å². The lowest BCUT2D eigenvalue weighted by atomic mass is 10.1. The van der Waals surface area contributed by atoms with Crippen LogP contribution in [0.4, 0.5) is 10.7 Å². The number of carbonyl (C=O) groups is 1. The van der Waals surface area contributed by atoms with Crippen LogP contribution >= 0.6 is 0 Å². The first-order valence-electron chi connectivity index (χ1n) is 8.19. The van der Waals surface area contributed by atoms with Crippen molar-refractivity contribution in [2.45, 2.75) is 25.3 Å². The van der Waals surface area contributed by atoms with E-state index in [1.165, 1.54) is 4.90 Å². The van der Waals surface area contributed by atoms with Gasteiger partial charge in [0.1, 0.15) is 18.7 Å². The van der Waals surface area contributed by atoms with E-state index >= 15 is 0 Å². The van der Waals surface area contributed by atoms with Crippen LogP contribution in [0.2, 0.25) is 0 Å². The fourth-order valence-electron chi connectivity index (χ4n) is 3.58. The fourth-order valence-corrected chi connectivity index (χ4v) is 3.58. The number of imidazole rings is 1. The molecule has 8 heteroatoms. The SMILES string of the molecule is Nc1nc2ccc3c(c2n1C1CCCCN(C(=O)O)C1)OCCO3. The third kappa shape index (κ3) is 2.38. The standard InChI is InChI=1S/C16H20N4O4/c17-15-18-11-4-5-12-14(24-8-7-23-12)13(11)20(15)10-3-1-2-6-19(9-10)16(21)22/h4-5,10H,1-3,6-9H2,(H2,17,18)(H,21,22). The predicted octanol–water partition coefficient (Wildman–Crippen LogP) is 2.09. The normalized spacial score (nSPS) is 20.8. The molecule has 0 spiro atoms. The molecule has 3 N–H and O–H groups in total. The van der Waals surface area contributed by atoms with Crippen LogP contribution in [-0.2, 0) is 0 Å². The molecule has 1 amide bonds. The van der Waals surface area contributed by atoms with Gasteiger partial charge in [-0.05, 0) is 31.4 Å². The molecule has 3 heterocycles. The van der Waals surface area contributed by atoms with E-state index < -0.39 is 6.09 Å². The largest absolute Gasteiger partial charge is 0.486 e. The van der Waals surface area contributed by atoms with Crippen molar-refractivity contribution >= 4 is 23.1 Å². The minimum Gasteiger partial charge on any atom is -0.486 e. The summed E-state index contributed by atoms with van der Waals surface area (Å²) in [6, 6.07) is 3.64. The number of nitrogens with zero attached hydrogens (tertiary/aromatic N) is 3. The van der Waals surface area contributed by atoms with Gasteiger partial charge in [0.15, 0.2) is 11.5 Å². The Hall–Kier alpha value is -2.64. The van der Waals surface area contributed by atoms with Gasteiger partial charge in [0.05, 0.1) is 11.6 Å². The number of nitrogen functional groups attached to an aromatic ring is 1. The highest BCUT2D eigenvalue weighted by Crippen LogP contribution is 2.40. The molecule has 2 aliphatic rings. The van der Waals surface area contributed by atoms with Crippen LogP contribution in [0.1, 0.15) is 25.3 Å². The number of fused-ring (bicyclic) bond motifs is 3. The van der Waals surface area contributed by atoms with Gasteiger partial charge in [0, 0.05) is 13.1 Å². The molecule has 1 aromatic carbocycles. The van der Waals surface area contributed by atoms with Gasteiger partial charge in [-0.25, -0.2) is 9.78 Å². The Morgan fingerprint density at radius 3 is 2.96 bits per heavy atom. The molecule has 24 heavy (non-hydrogen) atoms. The molecule has 0 saturated carbocycles. The number of likely N-dealkylation sites (tertiary alicyclic amines) is 1. The zero-order valence-electron chi connectivity index (χ0n) is 13.3. The van der Waals surface area contributed by atoms with Crippen molar-refractivity contribution in [1.82, 2.24) is 14.5 Å². The molecule has 8 nitrogen and oxygen atoms in total. The molecule has 0 bridgehead atoms. The highest BCUT2D eigenvalue weighted by molar-refractivity contribution is 5.87. The van der Waals surface area contributed by atoms with Crippen LogP contribution in [-0.4, -0.2) is 52.0 Å². The van der Waals surface area contributed by atoms with Crippen LogP contribution < -0.4 is 15.2 Å². The molecule has 1 saturated heterocycles. The molecule has 2 aromatic rings. The van der Waals surface area contributed by atoms with Gasteiger partial charge in [0.2, 0.25) is 5.95 Å². The molecular weight excluding hydrogens is 312 g/mol. The number of nitrogens with two attached hydrogens (primary N) is 1. The van der Waals surface area contributed by atoms with Crippen molar-refractivity contribution in [3.05, 3.63) is 12.1 Å². The third-order valence-corrected chi connectivity index (χ3v) is 4.67. The molecule has 2 aliphatic heterocycles. The average Bonchev–Trinajstić information content (AvgIpc) is 2.76. The molecule has 4 rings (SSSR count). The number of hydrogen-bond acceptors (Lipinski definition) is 5. The van der Waals surface area contributed by atoms with E-state index in [0.29, 0.717) is 43.8 Å². The Kier molecular flexibility index (Phi) is 3.59. The van der Waals surface area contributed by atoms with Gasteiger partial charge in [-0.1, -0.05) is 0 Å². The number of anilines is 1. The monoisotopic (exact) mass is 332 g/mol. The smallest absolute Gasteiger partial charge is 0.407 e. The summed E-state index contributed by atoms with van der Waals surface area (Å²) in [6.45, 7) is 1.94. The van der Waals surface area contributed by atoms with Crippen molar-refractivity contribution in [2.24, 2.45) is 0 Å². The first-order chi connectivity index (χ1) is 11.6. The summed E-state index contributed by atoms with van der Waals surface area (Å²) in [5, 5.41) is 9.38. The summed E-state index contributed by atoms with van der Waals surface area (Å²) in [5.74, 6) is 1.71. The van der Waals surface area contributed by atoms with Gasteiger partial charge in [0.25, 0.3) is 0 Å². The number of amides is 1. The number of hydrogen-bond donors (Lipinski definition) is 2. The first kappa shape index (κ1) is 14.9. The summed E-state index contributed by atoms with van der Waals surface area (Å²) in [5.41, 5.74) is 7.71. The zero-order valence-corrected chi connectivity index (χ0v) is 13.3. The van der Waals surface area contributed by atoms with E-state index in [1.807, 2.05) is 16.7 Å². The van der Waals surface area contributed by atoms with Crippen LogP contribution in [0.15, 0.2) is 12.1 Å². The topological polar surface area (TPSA) is 103 Å². The third-order valence-electron chi connectivity index (χ3n) is 4.67. The second-order valence-electron chi connectivity index (χ2n) is 6.18. The number of rotatable bonds is 1. The van der Waals surface area contributed by atoms with Crippen molar-refractivity contribution in [1.29, 1.82) is 0 Å². The van der Waals surface area contributed by atoms with E-state index in [1.54, 1.807) is 0 Å². The summed E-state index contributed by atoms with van der Waals surface area (Å²) in [6.07, 6.45) is 1.75. The van der Waals surface area contributed by atoms with Gasteiger partial charge in [-0.2, -0.15) is 0 Å². The minimum atomic E-state index is -0.897. The fraction of sp³-hybridized carbons (Fsp3) is 0.500. The molecule has 1 aromatic heterocycles. The molecule has 0 radical (unpaired) electrons. The van der Waals surface area contributed by atoms with Gasteiger partial charge >= 0.3 is 6.09 Å². The number of aromatic nitrogens is 2. The Bertz CT molecular complexity index is 788. The van der Waals surface area contributed by atoms with E-state index in [-0.39, 0.29) is 6.04 Å². The highest BCUT2D eigenvalue weighted by Gasteiger charge is 2.28. The van der Waals surface area contributed by atoms with Gasteiger partial charge in [-0.3, -0.25) is 0 Å². The van der Waals surface area contributed by atoms with E-state index in [4.69, 9.17) is 15.2 Å². The first-order valence-corrected chi connectivity index (χ1v) is 8.19. The molecular formula is C16H20N4O4. The summed E-state index contributed by atoms with van der Waals surface area (Å²) in [7, 11) is 0.